The number of amides is 2. The van der Waals surface area contributed by atoms with Crippen molar-refractivity contribution in [2.75, 3.05) is 6.54 Å². The normalized spacial score (nSPS) is 17.1. The number of hydrogen-bond donors (Lipinski definition) is 2. The van der Waals surface area contributed by atoms with Gasteiger partial charge in [0, 0.05) is 19.4 Å². The SMILES string of the molecule is Cc1ccc(C(C)N(CCCCc2ccccc2)C(=O)NC2(C(=O)O)CC(F)(F)C2)cc1. The van der Waals surface area contributed by atoms with Crippen LogP contribution in [0.25, 0.3) is 0 Å². The van der Waals surface area contributed by atoms with E-state index in [0.717, 1.165) is 24.0 Å². The van der Waals surface area contributed by atoms with Crippen LogP contribution in [0.3, 0.4) is 0 Å². The maximum absolute atomic E-state index is 13.5. The summed E-state index contributed by atoms with van der Waals surface area (Å²) in [7, 11) is 0. The molecule has 1 unspecified atom stereocenters. The summed E-state index contributed by atoms with van der Waals surface area (Å²) in [5.41, 5.74) is 1.27. The first-order chi connectivity index (χ1) is 15.1. The first kappa shape index (κ1) is 23.7. The van der Waals surface area contributed by atoms with E-state index in [9.17, 15) is 23.5 Å². The van der Waals surface area contributed by atoms with Crippen LogP contribution in [0.4, 0.5) is 13.6 Å². The highest BCUT2D eigenvalue weighted by Gasteiger charge is 2.62. The Balaban J connectivity index is 1.71. The zero-order valence-corrected chi connectivity index (χ0v) is 18.5. The molecule has 2 amide bonds. The number of halogens is 2. The minimum atomic E-state index is -3.07. The minimum absolute atomic E-state index is 0.334. The number of benzene rings is 2. The van der Waals surface area contributed by atoms with E-state index in [1.807, 2.05) is 68.4 Å². The summed E-state index contributed by atoms with van der Waals surface area (Å²) >= 11 is 0. The molecule has 1 saturated carbocycles. The van der Waals surface area contributed by atoms with Gasteiger partial charge in [-0.15, -0.1) is 0 Å². The van der Waals surface area contributed by atoms with Crippen LogP contribution in [0, 0.1) is 6.92 Å². The van der Waals surface area contributed by atoms with Gasteiger partial charge in [0.2, 0.25) is 0 Å². The molecule has 0 bridgehead atoms. The molecule has 1 aliphatic rings. The molecular weight excluding hydrogens is 414 g/mol. The molecule has 1 atom stereocenters. The number of nitrogens with one attached hydrogen (secondary N) is 1. The van der Waals surface area contributed by atoms with Crippen molar-refractivity contribution in [3.63, 3.8) is 0 Å². The summed E-state index contributed by atoms with van der Waals surface area (Å²) in [5, 5.41) is 11.9. The van der Waals surface area contributed by atoms with Crippen LogP contribution < -0.4 is 5.32 Å². The summed E-state index contributed by atoms with van der Waals surface area (Å²) in [4.78, 5) is 26.3. The summed E-state index contributed by atoms with van der Waals surface area (Å²) in [5.74, 6) is -4.50. The number of carbonyl (C=O) groups excluding carboxylic acids is 1. The topological polar surface area (TPSA) is 69.6 Å². The molecule has 2 aromatic carbocycles. The van der Waals surface area contributed by atoms with Gasteiger partial charge in [0.15, 0.2) is 5.54 Å². The van der Waals surface area contributed by atoms with Gasteiger partial charge in [0.25, 0.3) is 5.92 Å². The Morgan fingerprint density at radius 1 is 1.06 bits per heavy atom. The van der Waals surface area contributed by atoms with E-state index >= 15 is 0 Å². The molecule has 1 aliphatic carbocycles. The standard InChI is InChI=1S/C25H30F2N2O3/c1-18-11-13-21(14-12-18)19(2)29(15-7-6-10-20-8-4-3-5-9-20)23(32)28-24(22(30)31)16-25(26,27)17-24/h3-5,8-9,11-14,19H,6-7,10,15-17H2,1-2H3,(H,28,32)(H,30,31). The van der Waals surface area contributed by atoms with Gasteiger partial charge < -0.3 is 15.3 Å². The molecule has 1 fully saturated rings. The third-order valence-corrected chi connectivity index (χ3v) is 6.12. The van der Waals surface area contributed by atoms with Crippen LogP contribution >= 0.6 is 0 Å². The number of carboxylic acids is 1. The van der Waals surface area contributed by atoms with Crippen LogP contribution in [-0.2, 0) is 11.2 Å². The number of unbranched alkanes of at least 4 members (excludes halogenated alkanes) is 1. The van der Waals surface area contributed by atoms with Crippen molar-refractivity contribution < 1.29 is 23.5 Å². The van der Waals surface area contributed by atoms with Crippen LogP contribution in [0.5, 0.6) is 0 Å². The predicted molar refractivity (Wildman–Crippen MR) is 119 cm³/mol. The summed E-state index contributed by atoms with van der Waals surface area (Å²) in [6.45, 7) is 4.22. The number of hydrogen-bond acceptors (Lipinski definition) is 2. The van der Waals surface area contributed by atoms with E-state index < -0.39 is 36.3 Å². The number of rotatable bonds is 9. The largest absolute Gasteiger partial charge is 0.479 e. The van der Waals surface area contributed by atoms with Crippen molar-refractivity contribution in [1.29, 1.82) is 0 Å². The Hall–Kier alpha value is -2.96. The third kappa shape index (κ3) is 5.64. The van der Waals surface area contributed by atoms with E-state index in [0.29, 0.717) is 13.0 Å². The lowest BCUT2D eigenvalue weighted by Crippen LogP contribution is -2.68. The summed E-state index contributed by atoms with van der Waals surface area (Å²) in [6.07, 6.45) is 0.634. The highest BCUT2D eigenvalue weighted by Crippen LogP contribution is 2.46. The van der Waals surface area contributed by atoms with Crippen molar-refractivity contribution in [2.24, 2.45) is 0 Å². The van der Waals surface area contributed by atoms with E-state index in [2.05, 4.69) is 5.32 Å². The Morgan fingerprint density at radius 3 is 2.25 bits per heavy atom. The molecule has 0 spiro atoms. The van der Waals surface area contributed by atoms with Crippen molar-refractivity contribution in [2.45, 2.75) is 63.5 Å². The molecule has 0 heterocycles. The lowest BCUT2D eigenvalue weighted by Gasteiger charge is -2.45. The second-order valence-electron chi connectivity index (χ2n) is 8.75. The Bertz CT molecular complexity index is 924. The van der Waals surface area contributed by atoms with Gasteiger partial charge in [-0.1, -0.05) is 60.2 Å². The van der Waals surface area contributed by atoms with Gasteiger partial charge in [-0.2, -0.15) is 0 Å². The van der Waals surface area contributed by atoms with Crippen molar-refractivity contribution in [3.05, 3.63) is 71.3 Å². The molecular formula is C25H30F2N2O3. The minimum Gasteiger partial charge on any atom is -0.479 e. The van der Waals surface area contributed by atoms with Gasteiger partial charge in [0.1, 0.15) is 0 Å². The number of alkyl halides is 2. The number of carbonyl (C=O) groups is 2. The van der Waals surface area contributed by atoms with E-state index in [-0.39, 0.29) is 6.04 Å². The number of carboxylic acid groups (broad SMARTS) is 1. The Labute approximate surface area is 187 Å². The molecule has 3 rings (SSSR count). The molecule has 172 valence electrons. The lowest BCUT2D eigenvalue weighted by atomic mass is 9.73. The van der Waals surface area contributed by atoms with Gasteiger partial charge in [-0.25, -0.2) is 18.4 Å². The van der Waals surface area contributed by atoms with E-state index in [1.54, 1.807) is 4.90 Å². The highest BCUT2D eigenvalue weighted by molar-refractivity contribution is 5.87. The Morgan fingerprint density at radius 2 is 1.69 bits per heavy atom. The summed E-state index contributed by atoms with van der Waals surface area (Å²) in [6, 6.07) is 16.8. The van der Waals surface area contributed by atoms with Gasteiger partial charge in [0.05, 0.1) is 6.04 Å². The van der Waals surface area contributed by atoms with E-state index in [1.165, 1.54) is 5.56 Å². The smallest absolute Gasteiger partial charge is 0.329 e. The van der Waals surface area contributed by atoms with Crippen LogP contribution in [-0.4, -0.2) is 40.0 Å². The zero-order valence-electron chi connectivity index (χ0n) is 18.5. The Kier molecular flexibility index (Phi) is 7.16. The molecule has 0 saturated heterocycles. The summed E-state index contributed by atoms with van der Waals surface area (Å²) < 4.78 is 27.0. The maximum atomic E-state index is 13.5. The maximum Gasteiger partial charge on any atom is 0.329 e. The molecule has 0 aliphatic heterocycles. The molecule has 0 radical (unpaired) electrons. The number of aliphatic carboxylic acids is 1. The van der Waals surface area contributed by atoms with Gasteiger partial charge >= 0.3 is 12.0 Å². The average molecular weight is 445 g/mol. The van der Waals surface area contributed by atoms with Gasteiger partial charge in [-0.3, -0.25) is 0 Å². The van der Waals surface area contributed by atoms with Gasteiger partial charge in [-0.05, 0) is 44.2 Å². The molecule has 7 heteroatoms. The molecule has 2 aromatic rings. The number of aryl methyl sites for hydroxylation is 2. The molecule has 0 aromatic heterocycles. The third-order valence-electron chi connectivity index (χ3n) is 6.12. The molecule has 32 heavy (non-hydrogen) atoms. The van der Waals surface area contributed by atoms with Crippen LogP contribution in [0.15, 0.2) is 54.6 Å². The second kappa shape index (κ2) is 9.67. The predicted octanol–water partition coefficient (Wildman–Crippen LogP) is 5.34. The fraction of sp³-hybridized carbons (Fsp3) is 0.440. The highest BCUT2D eigenvalue weighted by atomic mass is 19.3. The number of urea groups is 1. The van der Waals surface area contributed by atoms with Crippen molar-refractivity contribution in [1.82, 2.24) is 10.2 Å². The average Bonchev–Trinajstić information content (AvgIpc) is 2.73. The fourth-order valence-corrected chi connectivity index (χ4v) is 4.15. The quantitative estimate of drug-likeness (QED) is 0.513. The van der Waals surface area contributed by atoms with Crippen LogP contribution in [0.2, 0.25) is 0 Å². The molecule has 5 nitrogen and oxygen atoms in total. The second-order valence-corrected chi connectivity index (χ2v) is 8.75. The van der Waals surface area contributed by atoms with Crippen LogP contribution in [0.1, 0.15) is 55.3 Å². The zero-order chi connectivity index (χ0) is 23.4. The first-order valence-corrected chi connectivity index (χ1v) is 10.9. The van der Waals surface area contributed by atoms with Crippen molar-refractivity contribution >= 4 is 12.0 Å². The lowest BCUT2D eigenvalue weighted by molar-refractivity contribution is -0.175. The fourth-order valence-electron chi connectivity index (χ4n) is 4.15. The van der Waals surface area contributed by atoms with Crippen molar-refractivity contribution in [3.8, 4) is 0 Å². The monoisotopic (exact) mass is 444 g/mol. The first-order valence-electron chi connectivity index (χ1n) is 10.9. The van der Waals surface area contributed by atoms with E-state index in [4.69, 9.17) is 0 Å². The number of nitrogens with zero attached hydrogens (tertiary/aromatic N) is 1. The molecule has 2 N–H and O–H groups in total.